The summed E-state index contributed by atoms with van der Waals surface area (Å²) < 4.78 is 1.81. The summed E-state index contributed by atoms with van der Waals surface area (Å²) in [5.74, 6) is 0.547. The summed E-state index contributed by atoms with van der Waals surface area (Å²) in [6, 6.07) is 7.83. The highest BCUT2D eigenvalue weighted by atomic mass is 32.2. The van der Waals surface area contributed by atoms with Crippen LogP contribution in [0.4, 0.5) is 11.6 Å². The van der Waals surface area contributed by atoms with Crippen molar-refractivity contribution in [2.24, 2.45) is 0 Å². The zero-order valence-corrected chi connectivity index (χ0v) is 13.1. The minimum absolute atomic E-state index is 0.0827. The third kappa shape index (κ3) is 3.98. The number of rotatable bonds is 5. The molecule has 0 spiro atoms. The average molecular weight is 305 g/mol. The minimum atomic E-state index is -0.0827. The summed E-state index contributed by atoms with van der Waals surface area (Å²) in [5, 5.41) is 11.3. The maximum absolute atomic E-state index is 11.9. The molecule has 0 saturated heterocycles. The Morgan fingerprint density at radius 2 is 2.00 bits per heavy atom. The number of aromatic nitrogens is 3. The second-order valence-corrected chi connectivity index (χ2v) is 5.95. The van der Waals surface area contributed by atoms with Crippen LogP contribution in [0, 0.1) is 6.92 Å². The summed E-state index contributed by atoms with van der Waals surface area (Å²) in [6.07, 6.45) is 0. The third-order valence-electron chi connectivity index (χ3n) is 2.87. The van der Waals surface area contributed by atoms with E-state index in [0.717, 1.165) is 11.3 Å². The Morgan fingerprint density at radius 3 is 2.62 bits per heavy atom. The van der Waals surface area contributed by atoms with Gasteiger partial charge in [0.1, 0.15) is 0 Å². The van der Waals surface area contributed by atoms with Crippen LogP contribution in [0.5, 0.6) is 0 Å². The number of carbonyl (C=O) groups excluding carboxylic acids is 1. The van der Waals surface area contributed by atoms with Gasteiger partial charge in [-0.3, -0.25) is 9.36 Å². The van der Waals surface area contributed by atoms with Crippen molar-refractivity contribution in [3.8, 4) is 0 Å². The van der Waals surface area contributed by atoms with Crippen LogP contribution in [0.3, 0.4) is 0 Å². The largest absolute Gasteiger partial charge is 0.368 e. The highest BCUT2D eigenvalue weighted by Crippen LogP contribution is 2.22. The van der Waals surface area contributed by atoms with Crippen LogP contribution in [-0.2, 0) is 4.79 Å². The smallest absolute Gasteiger partial charge is 0.234 e. The third-order valence-corrected chi connectivity index (χ3v) is 3.82. The number of nitrogen functional groups attached to an aromatic ring is 1. The van der Waals surface area contributed by atoms with Gasteiger partial charge in [-0.15, -0.1) is 10.2 Å². The van der Waals surface area contributed by atoms with Crippen LogP contribution in [0.25, 0.3) is 0 Å². The van der Waals surface area contributed by atoms with Crippen molar-refractivity contribution in [2.45, 2.75) is 32.0 Å². The molecule has 1 aromatic heterocycles. The second-order valence-electron chi connectivity index (χ2n) is 5.01. The van der Waals surface area contributed by atoms with Crippen LogP contribution >= 0.6 is 11.8 Å². The number of nitrogens with two attached hydrogens (primary N) is 1. The maximum atomic E-state index is 11.9. The number of carbonyl (C=O) groups is 1. The van der Waals surface area contributed by atoms with Crippen molar-refractivity contribution >= 4 is 29.3 Å². The molecule has 2 aromatic rings. The monoisotopic (exact) mass is 305 g/mol. The number of hydrogen-bond donors (Lipinski definition) is 2. The van der Waals surface area contributed by atoms with Gasteiger partial charge in [0.2, 0.25) is 11.9 Å². The number of aryl methyl sites for hydroxylation is 1. The Hall–Kier alpha value is -2.02. The van der Waals surface area contributed by atoms with Gasteiger partial charge in [0.05, 0.1) is 5.75 Å². The molecule has 3 N–H and O–H groups in total. The molecule has 0 aliphatic carbocycles. The number of nitrogens with one attached hydrogen (secondary N) is 1. The van der Waals surface area contributed by atoms with Crippen molar-refractivity contribution in [2.75, 3.05) is 16.8 Å². The van der Waals surface area contributed by atoms with Gasteiger partial charge < -0.3 is 11.1 Å². The minimum Gasteiger partial charge on any atom is -0.368 e. The number of hydrogen-bond acceptors (Lipinski definition) is 5. The molecule has 0 atom stereocenters. The first-order chi connectivity index (χ1) is 9.97. The zero-order valence-electron chi connectivity index (χ0n) is 12.3. The molecule has 0 aliphatic rings. The summed E-state index contributed by atoms with van der Waals surface area (Å²) in [6.45, 7) is 6.00. The Balaban J connectivity index is 1.94. The van der Waals surface area contributed by atoms with E-state index in [1.165, 1.54) is 11.8 Å². The van der Waals surface area contributed by atoms with Gasteiger partial charge in [0.25, 0.3) is 0 Å². The number of nitrogens with zero attached hydrogens (tertiary/aromatic N) is 3. The van der Waals surface area contributed by atoms with Gasteiger partial charge in [-0.25, -0.2) is 0 Å². The van der Waals surface area contributed by atoms with E-state index in [1.54, 1.807) is 0 Å². The summed E-state index contributed by atoms with van der Waals surface area (Å²) in [5.41, 5.74) is 7.71. The molecule has 7 heteroatoms. The standard InChI is InChI=1S/C14H19N5OS/c1-9(2)19-13(15)17-18-14(19)21-8-12(20)16-11-6-4-10(3)5-7-11/h4-7,9H,8H2,1-3H3,(H2,15,17)(H,16,20). The predicted octanol–water partition coefficient (Wildman–Crippen LogP) is 2.48. The zero-order chi connectivity index (χ0) is 15.4. The van der Waals surface area contributed by atoms with E-state index in [1.807, 2.05) is 49.6 Å². The lowest BCUT2D eigenvalue weighted by atomic mass is 10.2. The molecule has 0 bridgehead atoms. The number of amides is 1. The van der Waals surface area contributed by atoms with Crippen molar-refractivity contribution < 1.29 is 4.79 Å². The van der Waals surface area contributed by atoms with Gasteiger partial charge in [0.15, 0.2) is 5.16 Å². The normalized spacial score (nSPS) is 10.9. The molecule has 21 heavy (non-hydrogen) atoms. The van der Waals surface area contributed by atoms with Crippen LogP contribution < -0.4 is 11.1 Å². The number of anilines is 2. The molecular formula is C14H19N5OS. The molecule has 1 aromatic carbocycles. The van der Waals surface area contributed by atoms with E-state index >= 15 is 0 Å². The molecule has 6 nitrogen and oxygen atoms in total. The van der Waals surface area contributed by atoms with E-state index in [-0.39, 0.29) is 17.7 Å². The topological polar surface area (TPSA) is 85.8 Å². The molecule has 0 fully saturated rings. The second kappa shape index (κ2) is 6.62. The molecule has 112 valence electrons. The first-order valence-corrected chi connectivity index (χ1v) is 7.65. The fraction of sp³-hybridized carbons (Fsp3) is 0.357. The molecule has 1 amide bonds. The fourth-order valence-electron chi connectivity index (χ4n) is 1.84. The Labute approximate surface area is 128 Å². The van der Waals surface area contributed by atoms with Crippen LogP contribution in [0.15, 0.2) is 29.4 Å². The number of thioether (sulfide) groups is 1. The Morgan fingerprint density at radius 1 is 1.33 bits per heavy atom. The first-order valence-electron chi connectivity index (χ1n) is 6.67. The van der Waals surface area contributed by atoms with E-state index in [2.05, 4.69) is 15.5 Å². The van der Waals surface area contributed by atoms with Crippen molar-refractivity contribution in [1.29, 1.82) is 0 Å². The molecular weight excluding hydrogens is 286 g/mol. The van der Waals surface area contributed by atoms with E-state index in [0.29, 0.717) is 11.1 Å². The fourth-order valence-corrected chi connectivity index (χ4v) is 2.71. The van der Waals surface area contributed by atoms with Crippen molar-refractivity contribution in [1.82, 2.24) is 14.8 Å². The lowest BCUT2D eigenvalue weighted by molar-refractivity contribution is -0.113. The van der Waals surface area contributed by atoms with Crippen LogP contribution in [0.2, 0.25) is 0 Å². The predicted molar refractivity (Wildman–Crippen MR) is 85.4 cm³/mol. The number of benzene rings is 1. The van der Waals surface area contributed by atoms with Gasteiger partial charge in [0, 0.05) is 11.7 Å². The quantitative estimate of drug-likeness (QED) is 0.829. The highest BCUT2D eigenvalue weighted by Gasteiger charge is 2.14. The van der Waals surface area contributed by atoms with Gasteiger partial charge in [-0.2, -0.15) is 0 Å². The Bertz CT molecular complexity index is 621. The average Bonchev–Trinajstić information content (AvgIpc) is 2.80. The molecule has 0 unspecified atom stereocenters. The van der Waals surface area contributed by atoms with Gasteiger partial charge in [-0.1, -0.05) is 29.5 Å². The molecule has 2 rings (SSSR count). The van der Waals surface area contributed by atoms with E-state index < -0.39 is 0 Å². The molecule has 0 aliphatic heterocycles. The highest BCUT2D eigenvalue weighted by molar-refractivity contribution is 7.99. The molecule has 0 saturated carbocycles. The van der Waals surface area contributed by atoms with Crippen molar-refractivity contribution in [3.63, 3.8) is 0 Å². The summed E-state index contributed by atoms with van der Waals surface area (Å²) in [4.78, 5) is 11.9. The molecule has 0 radical (unpaired) electrons. The lowest BCUT2D eigenvalue weighted by Gasteiger charge is -2.11. The van der Waals surface area contributed by atoms with Crippen LogP contribution in [-0.4, -0.2) is 26.4 Å². The van der Waals surface area contributed by atoms with E-state index in [4.69, 9.17) is 5.73 Å². The van der Waals surface area contributed by atoms with Gasteiger partial charge >= 0.3 is 0 Å². The maximum Gasteiger partial charge on any atom is 0.234 e. The first kappa shape index (κ1) is 15.4. The van der Waals surface area contributed by atoms with E-state index in [9.17, 15) is 4.79 Å². The summed E-state index contributed by atoms with van der Waals surface area (Å²) in [7, 11) is 0. The Kier molecular flexibility index (Phi) is 4.85. The lowest BCUT2D eigenvalue weighted by Crippen LogP contribution is -2.15. The molecule has 1 heterocycles. The van der Waals surface area contributed by atoms with Crippen LogP contribution in [0.1, 0.15) is 25.5 Å². The summed E-state index contributed by atoms with van der Waals surface area (Å²) >= 11 is 1.32. The van der Waals surface area contributed by atoms with Crippen molar-refractivity contribution in [3.05, 3.63) is 29.8 Å². The SMILES string of the molecule is Cc1ccc(NC(=O)CSc2nnc(N)n2C(C)C)cc1. The van der Waals surface area contributed by atoms with Gasteiger partial charge in [-0.05, 0) is 32.9 Å².